The molecule has 1 unspecified atom stereocenters. The van der Waals surface area contributed by atoms with E-state index in [1.807, 2.05) is 24.4 Å². The molecular formula is C20H23N5O2S. The van der Waals surface area contributed by atoms with Gasteiger partial charge >= 0.3 is 0 Å². The van der Waals surface area contributed by atoms with Gasteiger partial charge in [-0.15, -0.1) is 11.3 Å². The van der Waals surface area contributed by atoms with Gasteiger partial charge in [0.05, 0.1) is 11.4 Å². The number of H-pyrrole nitrogens is 1. The monoisotopic (exact) mass is 397 g/mol. The minimum Gasteiger partial charge on any atom is -0.349 e. The van der Waals surface area contributed by atoms with Crippen molar-refractivity contribution in [1.82, 2.24) is 25.0 Å². The molecule has 0 aromatic carbocycles. The molecule has 146 valence electrons. The molecule has 3 aromatic rings. The second-order valence-electron chi connectivity index (χ2n) is 6.92. The molecule has 0 radical (unpaired) electrons. The van der Waals surface area contributed by atoms with Gasteiger partial charge in [-0.3, -0.25) is 19.2 Å². The number of aromatic amines is 1. The highest BCUT2D eigenvalue weighted by atomic mass is 32.1. The average Bonchev–Trinajstić information content (AvgIpc) is 3.43. The number of hydrogen-bond donors (Lipinski definition) is 2. The molecule has 1 fully saturated rings. The van der Waals surface area contributed by atoms with Gasteiger partial charge in [0, 0.05) is 48.7 Å². The van der Waals surface area contributed by atoms with Gasteiger partial charge in [0.1, 0.15) is 0 Å². The zero-order valence-electron chi connectivity index (χ0n) is 15.5. The van der Waals surface area contributed by atoms with Crippen LogP contribution in [0.4, 0.5) is 0 Å². The number of amides is 1. The Hall–Kier alpha value is -2.71. The molecule has 7 nitrogen and oxygen atoms in total. The van der Waals surface area contributed by atoms with Crippen molar-refractivity contribution < 1.29 is 4.79 Å². The highest BCUT2D eigenvalue weighted by Gasteiger charge is 2.27. The summed E-state index contributed by atoms with van der Waals surface area (Å²) >= 11 is 1.56. The molecule has 4 rings (SSSR count). The molecule has 1 aliphatic heterocycles. The van der Waals surface area contributed by atoms with Crippen LogP contribution >= 0.6 is 11.3 Å². The summed E-state index contributed by atoms with van der Waals surface area (Å²) in [7, 11) is 0. The average molecular weight is 398 g/mol. The number of likely N-dealkylation sites (tertiary alicyclic amines) is 1. The number of pyridine rings is 1. The molecule has 1 aliphatic rings. The Labute approximate surface area is 167 Å². The number of nitrogens with zero attached hydrogens (tertiary/aromatic N) is 3. The minimum atomic E-state index is -0.0709. The maximum Gasteiger partial charge on any atom is 0.261 e. The van der Waals surface area contributed by atoms with E-state index in [0.717, 1.165) is 36.4 Å². The topological polar surface area (TPSA) is 83.0 Å². The molecule has 1 atom stereocenters. The molecular weight excluding hydrogens is 374 g/mol. The lowest BCUT2D eigenvalue weighted by Gasteiger charge is -2.23. The molecule has 28 heavy (non-hydrogen) atoms. The van der Waals surface area contributed by atoms with E-state index in [2.05, 4.69) is 26.4 Å². The molecule has 1 saturated heterocycles. The van der Waals surface area contributed by atoms with E-state index in [4.69, 9.17) is 0 Å². The Morgan fingerprint density at radius 2 is 2.29 bits per heavy atom. The smallest absolute Gasteiger partial charge is 0.261 e. The van der Waals surface area contributed by atoms with Crippen LogP contribution in [0.3, 0.4) is 0 Å². The molecule has 0 saturated carbocycles. The Kier molecular flexibility index (Phi) is 5.68. The first kappa shape index (κ1) is 18.6. The van der Waals surface area contributed by atoms with Gasteiger partial charge in [-0.2, -0.15) is 5.10 Å². The van der Waals surface area contributed by atoms with Gasteiger partial charge in [0.25, 0.3) is 5.91 Å². The fraction of sp³-hybridized carbons (Fsp3) is 0.350. The van der Waals surface area contributed by atoms with Crippen LogP contribution in [0.25, 0.3) is 0 Å². The zero-order valence-corrected chi connectivity index (χ0v) is 16.3. The van der Waals surface area contributed by atoms with E-state index < -0.39 is 0 Å². The van der Waals surface area contributed by atoms with Crippen molar-refractivity contribution in [2.45, 2.75) is 32.0 Å². The van der Waals surface area contributed by atoms with Crippen LogP contribution in [0.15, 0.2) is 53.7 Å². The quantitative estimate of drug-likeness (QED) is 0.641. The standard InChI is InChI=1S/C20H23N5O2S/c26-19-13-15(6-8-21-19)14-24-10-1-3-16(24)17-4-5-18(28-17)20(27)22-9-12-25-11-2-7-23-25/h2,4-8,11,13,16H,1,3,9-10,12,14H2,(H,21,26)(H,22,27). The van der Waals surface area contributed by atoms with E-state index in [1.165, 1.54) is 4.88 Å². The lowest BCUT2D eigenvalue weighted by Crippen LogP contribution is -2.26. The predicted octanol–water partition coefficient (Wildman–Crippen LogP) is 2.40. The first-order valence-electron chi connectivity index (χ1n) is 9.46. The largest absolute Gasteiger partial charge is 0.349 e. The lowest BCUT2D eigenvalue weighted by molar-refractivity contribution is 0.0956. The Morgan fingerprint density at radius 3 is 3.11 bits per heavy atom. The van der Waals surface area contributed by atoms with E-state index in [-0.39, 0.29) is 11.5 Å². The summed E-state index contributed by atoms with van der Waals surface area (Å²) in [6.07, 6.45) is 7.50. The summed E-state index contributed by atoms with van der Waals surface area (Å²) in [6.45, 7) is 2.95. The molecule has 0 aliphatic carbocycles. The minimum absolute atomic E-state index is 0.0393. The van der Waals surface area contributed by atoms with Gasteiger partial charge in [-0.1, -0.05) is 0 Å². The van der Waals surface area contributed by atoms with Crippen molar-refractivity contribution in [3.05, 3.63) is 74.6 Å². The number of rotatable bonds is 7. The van der Waals surface area contributed by atoms with Crippen molar-refractivity contribution in [2.24, 2.45) is 0 Å². The van der Waals surface area contributed by atoms with E-state index in [1.54, 1.807) is 34.5 Å². The van der Waals surface area contributed by atoms with Crippen LogP contribution in [-0.2, 0) is 13.1 Å². The summed E-state index contributed by atoms with van der Waals surface area (Å²) in [5.74, 6) is -0.0393. The Morgan fingerprint density at radius 1 is 1.36 bits per heavy atom. The van der Waals surface area contributed by atoms with E-state index in [0.29, 0.717) is 19.1 Å². The SMILES string of the molecule is O=C(NCCn1cccn1)c1ccc(C2CCCN2Cc2cc[nH]c(=O)c2)s1. The van der Waals surface area contributed by atoms with Crippen molar-refractivity contribution in [3.8, 4) is 0 Å². The summed E-state index contributed by atoms with van der Waals surface area (Å²) in [5.41, 5.74) is 0.947. The molecule has 4 heterocycles. The Bertz CT molecular complexity index is 978. The number of carbonyl (C=O) groups excluding carboxylic acids is 1. The summed E-state index contributed by atoms with van der Waals surface area (Å²) in [5, 5.41) is 7.09. The predicted molar refractivity (Wildman–Crippen MR) is 108 cm³/mol. The van der Waals surface area contributed by atoms with Crippen LogP contribution in [-0.4, -0.2) is 38.7 Å². The van der Waals surface area contributed by atoms with Crippen molar-refractivity contribution in [2.75, 3.05) is 13.1 Å². The normalized spacial score (nSPS) is 17.1. The number of hydrogen-bond acceptors (Lipinski definition) is 5. The summed E-state index contributed by atoms with van der Waals surface area (Å²) in [6, 6.07) is 9.74. The maximum absolute atomic E-state index is 12.4. The van der Waals surface area contributed by atoms with Gasteiger partial charge in [0.15, 0.2) is 0 Å². The first-order chi connectivity index (χ1) is 13.7. The first-order valence-corrected chi connectivity index (χ1v) is 10.3. The number of carbonyl (C=O) groups is 1. The third-order valence-corrected chi connectivity index (χ3v) is 6.14. The number of nitrogens with one attached hydrogen (secondary N) is 2. The van der Waals surface area contributed by atoms with Gasteiger partial charge in [0.2, 0.25) is 5.56 Å². The third kappa shape index (κ3) is 4.40. The zero-order chi connectivity index (χ0) is 19.3. The molecule has 8 heteroatoms. The van der Waals surface area contributed by atoms with Gasteiger partial charge < -0.3 is 10.3 Å². The van der Waals surface area contributed by atoms with Gasteiger partial charge in [-0.25, -0.2) is 0 Å². The van der Waals surface area contributed by atoms with Crippen LogP contribution in [0.2, 0.25) is 0 Å². The third-order valence-electron chi connectivity index (χ3n) is 4.95. The molecule has 1 amide bonds. The Balaban J connectivity index is 1.37. The van der Waals surface area contributed by atoms with E-state index >= 15 is 0 Å². The number of thiophene rings is 1. The second-order valence-corrected chi connectivity index (χ2v) is 8.03. The maximum atomic E-state index is 12.4. The molecule has 2 N–H and O–H groups in total. The van der Waals surface area contributed by atoms with Crippen molar-refractivity contribution in [1.29, 1.82) is 0 Å². The van der Waals surface area contributed by atoms with Crippen LogP contribution < -0.4 is 10.9 Å². The van der Waals surface area contributed by atoms with Crippen molar-refractivity contribution >= 4 is 17.2 Å². The fourth-order valence-electron chi connectivity index (χ4n) is 3.62. The number of aromatic nitrogens is 3. The fourth-order valence-corrected chi connectivity index (χ4v) is 4.71. The molecule has 3 aromatic heterocycles. The van der Waals surface area contributed by atoms with Gasteiger partial charge in [-0.05, 0) is 49.2 Å². The van der Waals surface area contributed by atoms with Crippen molar-refractivity contribution in [3.63, 3.8) is 0 Å². The van der Waals surface area contributed by atoms with Crippen LogP contribution in [0.5, 0.6) is 0 Å². The van der Waals surface area contributed by atoms with E-state index in [9.17, 15) is 9.59 Å². The lowest BCUT2D eigenvalue weighted by atomic mass is 10.1. The molecule has 0 bridgehead atoms. The highest BCUT2D eigenvalue weighted by Crippen LogP contribution is 2.36. The highest BCUT2D eigenvalue weighted by molar-refractivity contribution is 7.14. The van der Waals surface area contributed by atoms with Crippen LogP contribution in [0.1, 0.15) is 39.0 Å². The van der Waals surface area contributed by atoms with Crippen LogP contribution in [0, 0.1) is 0 Å². The second kappa shape index (κ2) is 8.53. The summed E-state index contributed by atoms with van der Waals surface area (Å²) in [4.78, 5) is 31.0. The summed E-state index contributed by atoms with van der Waals surface area (Å²) < 4.78 is 1.80. The molecule has 0 spiro atoms.